The Hall–Kier alpha value is -1.99. The lowest BCUT2D eigenvalue weighted by atomic mass is 10.1. The van der Waals surface area contributed by atoms with Crippen molar-refractivity contribution < 1.29 is 17.5 Å². The Labute approximate surface area is 134 Å². The van der Waals surface area contributed by atoms with E-state index in [1.54, 1.807) is 30.5 Å². The summed E-state index contributed by atoms with van der Waals surface area (Å²) in [6, 6.07) is 9.00. The van der Waals surface area contributed by atoms with Crippen LogP contribution in [0.25, 0.3) is 0 Å². The van der Waals surface area contributed by atoms with Crippen LogP contribution in [0.1, 0.15) is 12.8 Å². The molecule has 0 saturated carbocycles. The number of benzene rings is 1. The van der Waals surface area contributed by atoms with Gasteiger partial charge in [0.25, 0.3) is 0 Å². The molecule has 0 radical (unpaired) electrons. The van der Waals surface area contributed by atoms with Gasteiger partial charge in [0.1, 0.15) is 22.6 Å². The first-order chi connectivity index (χ1) is 11.1. The number of rotatable bonds is 4. The number of nitrogens with zero attached hydrogens (tertiary/aromatic N) is 2. The van der Waals surface area contributed by atoms with E-state index in [1.165, 1.54) is 22.6 Å². The Kier molecular flexibility index (Phi) is 4.58. The fraction of sp³-hybridized carbons (Fsp3) is 0.312. The predicted octanol–water partition coefficient (Wildman–Crippen LogP) is 2.45. The summed E-state index contributed by atoms with van der Waals surface area (Å²) in [5.41, 5.74) is 0. The van der Waals surface area contributed by atoms with Gasteiger partial charge in [-0.05, 0) is 49.2 Å². The number of pyridine rings is 1. The maximum atomic E-state index is 12.9. The fourth-order valence-electron chi connectivity index (χ4n) is 2.54. The second kappa shape index (κ2) is 6.64. The minimum atomic E-state index is -3.50. The van der Waals surface area contributed by atoms with Crippen LogP contribution < -0.4 is 4.74 Å². The average molecular weight is 336 g/mol. The third-order valence-corrected chi connectivity index (χ3v) is 5.67. The zero-order valence-corrected chi connectivity index (χ0v) is 13.2. The Morgan fingerprint density at radius 2 is 1.83 bits per heavy atom. The normalized spacial score (nSPS) is 17.1. The third kappa shape index (κ3) is 3.68. The van der Waals surface area contributed by atoms with Gasteiger partial charge in [0.15, 0.2) is 0 Å². The van der Waals surface area contributed by atoms with Crippen molar-refractivity contribution in [3.63, 3.8) is 0 Å². The molecule has 2 heterocycles. The molecule has 0 bridgehead atoms. The summed E-state index contributed by atoms with van der Waals surface area (Å²) in [7, 11) is -3.50. The van der Waals surface area contributed by atoms with Crippen molar-refractivity contribution in [2.45, 2.75) is 23.8 Å². The lowest BCUT2D eigenvalue weighted by Crippen LogP contribution is -2.41. The van der Waals surface area contributed by atoms with Gasteiger partial charge in [0, 0.05) is 25.5 Å². The van der Waals surface area contributed by atoms with Crippen LogP contribution in [-0.4, -0.2) is 36.9 Å². The smallest absolute Gasteiger partial charge is 0.244 e. The number of aromatic nitrogens is 1. The van der Waals surface area contributed by atoms with Crippen molar-refractivity contribution in [1.82, 2.24) is 9.29 Å². The Balaban J connectivity index is 1.61. The molecular weight excluding hydrogens is 319 g/mol. The molecule has 1 aromatic carbocycles. The molecule has 1 aliphatic rings. The fourth-order valence-corrected chi connectivity index (χ4v) is 3.98. The molecule has 1 fully saturated rings. The van der Waals surface area contributed by atoms with E-state index >= 15 is 0 Å². The summed E-state index contributed by atoms with van der Waals surface area (Å²) in [5, 5.41) is 0. The summed E-state index contributed by atoms with van der Waals surface area (Å²) in [6.07, 6.45) is 4.02. The van der Waals surface area contributed by atoms with E-state index in [9.17, 15) is 12.8 Å². The molecule has 0 atom stereocenters. The molecule has 0 N–H and O–H groups in total. The van der Waals surface area contributed by atoms with E-state index in [-0.39, 0.29) is 16.8 Å². The highest BCUT2D eigenvalue weighted by atomic mass is 32.2. The molecular formula is C16H17FN2O3S. The Morgan fingerprint density at radius 3 is 2.43 bits per heavy atom. The zero-order valence-electron chi connectivity index (χ0n) is 12.4. The number of piperidine rings is 1. The molecule has 3 rings (SSSR count). The van der Waals surface area contributed by atoms with Crippen molar-refractivity contribution in [2.24, 2.45) is 0 Å². The monoisotopic (exact) mass is 336 g/mol. The number of hydrogen-bond acceptors (Lipinski definition) is 4. The molecule has 2 aromatic rings. The predicted molar refractivity (Wildman–Crippen MR) is 83.0 cm³/mol. The van der Waals surface area contributed by atoms with Crippen LogP contribution in [0.2, 0.25) is 0 Å². The molecule has 1 saturated heterocycles. The highest BCUT2D eigenvalue weighted by Gasteiger charge is 2.30. The highest BCUT2D eigenvalue weighted by Crippen LogP contribution is 2.23. The molecule has 0 aliphatic carbocycles. The van der Waals surface area contributed by atoms with E-state index in [0.29, 0.717) is 31.7 Å². The molecule has 0 spiro atoms. The van der Waals surface area contributed by atoms with Gasteiger partial charge in [-0.25, -0.2) is 12.8 Å². The lowest BCUT2D eigenvalue weighted by molar-refractivity contribution is 0.135. The van der Waals surface area contributed by atoms with Gasteiger partial charge in [0.2, 0.25) is 10.0 Å². The second-order valence-electron chi connectivity index (χ2n) is 5.36. The minimum Gasteiger partial charge on any atom is -0.490 e. The number of hydrogen-bond donors (Lipinski definition) is 0. The van der Waals surface area contributed by atoms with Gasteiger partial charge in [0.05, 0.1) is 0 Å². The van der Waals surface area contributed by atoms with Crippen molar-refractivity contribution in [1.29, 1.82) is 0 Å². The first-order valence-corrected chi connectivity index (χ1v) is 8.82. The molecule has 122 valence electrons. The molecule has 23 heavy (non-hydrogen) atoms. The Morgan fingerprint density at radius 1 is 1.13 bits per heavy atom. The summed E-state index contributed by atoms with van der Waals surface area (Å²) in [6.45, 7) is 0.784. The maximum Gasteiger partial charge on any atom is 0.244 e. The van der Waals surface area contributed by atoms with Crippen LogP contribution in [0, 0.1) is 5.82 Å². The van der Waals surface area contributed by atoms with Gasteiger partial charge in [-0.1, -0.05) is 0 Å². The summed E-state index contributed by atoms with van der Waals surface area (Å²) < 4.78 is 45.1. The van der Waals surface area contributed by atoms with E-state index in [4.69, 9.17) is 4.74 Å². The van der Waals surface area contributed by atoms with Gasteiger partial charge >= 0.3 is 0 Å². The van der Waals surface area contributed by atoms with Gasteiger partial charge in [-0.15, -0.1) is 0 Å². The van der Waals surface area contributed by atoms with E-state index in [2.05, 4.69) is 4.98 Å². The molecule has 5 nitrogen and oxygen atoms in total. The van der Waals surface area contributed by atoms with Gasteiger partial charge < -0.3 is 4.74 Å². The minimum absolute atomic E-state index is 0.0687. The molecule has 0 amide bonds. The summed E-state index contributed by atoms with van der Waals surface area (Å²) in [5.74, 6) is 0.287. The van der Waals surface area contributed by atoms with Crippen LogP contribution in [0.4, 0.5) is 4.39 Å². The zero-order chi connectivity index (χ0) is 16.3. The molecule has 0 unspecified atom stereocenters. The molecule has 1 aromatic heterocycles. The molecule has 1 aliphatic heterocycles. The van der Waals surface area contributed by atoms with E-state index in [0.717, 1.165) is 0 Å². The molecule has 7 heteroatoms. The highest BCUT2D eigenvalue weighted by molar-refractivity contribution is 7.89. The van der Waals surface area contributed by atoms with Gasteiger partial charge in [-0.3, -0.25) is 4.98 Å². The van der Waals surface area contributed by atoms with Crippen LogP contribution >= 0.6 is 0 Å². The van der Waals surface area contributed by atoms with Crippen LogP contribution in [0.3, 0.4) is 0 Å². The van der Waals surface area contributed by atoms with Crippen LogP contribution in [-0.2, 0) is 10.0 Å². The van der Waals surface area contributed by atoms with Crippen LogP contribution in [0.15, 0.2) is 53.7 Å². The SMILES string of the molecule is O=S(=O)(c1cccnc1)N1CCC(Oc2ccc(F)cc2)CC1. The number of halogens is 1. The van der Waals surface area contributed by atoms with Crippen molar-refractivity contribution in [3.05, 3.63) is 54.6 Å². The van der Waals surface area contributed by atoms with Gasteiger partial charge in [-0.2, -0.15) is 4.31 Å². The Bertz CT molecular complexity index is 743. The lowest BCUT2D eigenvalue weighted by Gasteiger charge is -2.31. The summed E-state index contributed by atoms with van der Waals surface area (Å²) >= 11 is 0. The van der Waals surface area contributed by atoms with Crippen molar-refractivity contribution >= 4 is 10.0 Å². The largest absolute Gasteiger partial charge is 0.490 e. The number of sulfonamides is 1. The first-order valence-electron chi connectivity index (χ1n) is 7.38. The topological polar surface area (TPSA) is 59.5 Å². The summed E-state index contributed by atoms with van der Waals surface area (Å²) in [4.78, 5) is 4.07. The van der Waals surface area contributed by atoms with E-state index in [1.807, 2.05) is 0 Å². The quantitative estimate of drug-likeness (QED) is 0.860. The van der Waals surface area contributed by atoms with E-state index < -0.39 is 10.0 Å². The maximum absolute atomic E-state index is 12.9. The third-order valence-electron chi connectivity index (χ3n) is 3.79. The van der Waals surface area contributed by atoms with Crippen molar-refractivity contribution in [3.8, 4) is 5.75 Å². The van der Waals surface area contributed by atoms with Crippen LogP contribution in [0.5, 0.6) is 5.75 Å². The average Bonchev–Trinajstić information content (AvgIpc) is 2.58. The second-order valence-corrected chi connectivity index (χ2v) is 7.30. The number of ether oxygens (including phenoxy) is 1. The first kappa shape index (κ1) is 15.9. The standard InChI is InChI=1S/C16H17FN2O3S/c17-13-3-5-14(6-4-13)22-15-7-10-19(11-8-15)23(20,21)16-2-1-9-18-12-16/h1-6,9,12,15H,7-8,10-11H2. The van der Waals surface area contributed by atoms with Crippen molar-refractivity contribution in [2.75, 3.05) is 13.1 Å².